The second-order valence-corrected chi connectivity index (χ2v) is 7.98. The van der Waals surface area contributed by atoms with Crippen LogP contribution in [0.5, 0.6) is 0 Å². The molecule has 3 aliphatic rings. The van der Waals surface area contributed by atoms with Crippen LogP contribution >= 0.6 is 11.3 Å². The molecule has 3 heterocycles. The van der Waals surface area contributed by atoms with Gasteiger partial charge in [-0.05, 0) is 43.0 Å². The third kappa shape index (κ3) is 2.67. The molecule has 118 valence electrons. The van der Waals surface area contributed by atoms with Crippen molar-refractivity contribution in [3.05, 3.63) is 22.4 Å². The quantitative estimate of drug-likeness (QED) is 0.859. The van der Waals surface area contributed by atoms with Crippen molar-refractivity contribution >= 4 is 23.2 Å². The number of hydrogen-bond donors (Lipinski definition) is 0. The maximum atomic E-state index is 12.4. The lowest BCUT2D eigenvalue weighted by Crippen LogP contribution is -2.44. The second-order valence-electron chi connectivity index (χ2n) is 7.20. The summed E-state index contributed by atoms with van der Waals surface area (Å²) < 4.78 is 0. The molecular weight excluding hydrogens is 296 g/mol. The molecule has 0 atom stereocenters. The zero-order valence-electron chi connectivity index (χ0n) is 12.8. The molecule has 0 radical (unpaired) electrons. The van der Waals surface area contributed by atoms with E-state index < -0.39 is 0 Å². The molecule has 1 spiro atoms. The fraction of sp³-hybridized carbons (Fsp3) is 0.647. The zero-order valence-corrected chi connectivity index (χ0v) is 13.6. The number of carbonyl (C=O) groups excluding carboxylic acids is 2. The Morgan fingerprint density at radius 2 is 2.09 bits per heavy atom. The molecule has 2 amide bonds. The predicted octanol–water partition coefficient (Wildman–Crippen LogP) is 2.61. The van der Waals surface area contributed by atoms with E-state index >= 15 is 0 Å². The summed E-state index contributed by atoms with van der Waals surface area (Å²) >= 11 is 1.56. The molecule has 2 aliphatic heterocycles. The minimum absolute atomic E-state index is 0.136. The van der Waals surface area contributed by atoms with Crippen LogP contribution in [0, 0.1) is 11.3 Å². The van der Waals surface area contributed by atoms with E-state index in [1.165, 1.54) is 12.8 Å². The summed E-state index contributed by atoms with van der Waals surface area (Å²) in [6.07, 6.45) is 5.21. The van der Waals surface area contributed by atoms with Crippen molar-refractivity contribution < 1.29 is 9.59 Å². The van der Waals surface area contributed by atoms with Gasteiger partial charge in [-0.15, -0.1) is 0 Å². The molecular formula is C17H22N2O2S. The highest BCUT2D eigenvalue weighted by atomic mass is 32.1. The van der Waals surface area contributed by atoms with E-state index in [0.29, 0.717) is 12.3 Å². The Bertz CT molecular complexity index is 571. The second kappa shape index (κ2) is 5.37. The SMILES string of the molecule is O=C1CC2(CCN(C(=O)c3ccsc3)CC2)CN1CC1CC1. The van der Waals surface area contributed by atoms with Gasteiger partial charge in [0.2, 0.25) is 5.91 Å². The number of nitrogens with zero attached hydrogens (tertiary/aromatic N) is 2. The van der Waals surface area contributed by atoms with Crippen LogP contribution in [0.15, 0.2) is 16.8 Å². The van der Waals surface area contributed by atoms with Gasteiger partial charge in [0.1, 0.15) is 0 Å². The van der Waals surface area contributed by atoms with Crippen molar-refractivity contribution in [2.75, 3.05) is 26.2 Å². The highest BCUT2D eigenvalue weighted by Crippen LogP contribution is 2.42. The van der Waals surface area contributed by atoms with Crippen molar-refractivity contribution in [1.29, 1.82) is 0 Å². The van der Waals surface area contributed by atoms with Crippen LogP contribution in [0.2, 0.25) is 0 Å². The number of likely N-dealkylation sites (tertiary alicyclic amines) is 2. The maximum absolute atomic E-state index is 12.4. The first-order valence-electron chi connectivity index (χ1n) is 8.24. The summed E-state index contributed by atoms with van der Waals surface area (Å²) in [7, 11) is 0. The molecule has 0 bridgehead atoms. The van der Waals surface area contributed by atoms with Gasteiger partial charge >= 0.3 is 0 Å². The van der Waals surface area contributed by atoms with E-state index in [2.05, 4.69) is 4.90 Å². The van der Waals surface area contributed by atoms with Gasteiger partial charge in [-0.3, -0.25) is 9.59 Å². The monoisotopic (exact) mass is 318 g/mol. The molecule has 3 fully saturated rings. The Balaban J connectivity index is 1.37. The first kappa shape index (κ1) is 14.2. The molecule has 1 saturated carbocycles. The van der Waals surface area contributed by atoms with Crippen LogP contribution in [-0.2, 0) is 4.79 Å². The summed E-state index contributed by atoms with van der Waals surface area (Å²) in [5.41, 5.74) is 0.941. The minimum atomic E-state index is 0.136. The van der Waals surface area contributed by atoms with Crippen LogP contribution in [-0.4, -0.2) is 47.8 Å². The summed E-state index contributed by atoms with van der Waals surface area (Å²) in [5.74, 6) is 1.25. The van der Waals surface area contributed by atoms with Crippen molar-refractivity contribution in [3.63, 3.8) is 0 Å². The molecule has 1 aliphatic carbocycles. The Labute approximate surface area is 135 Å². The molecule has 4 rings (SSSR count). The number of amides is 2. The number of thiophene rings is 1. The minimum Gasteiger partial charge on any atom is -0.342 e. The fourth-order valence-electron chi connectivity index (χ4n) is 3.85. The molecule has 22 heavy (non-hydrogen) atoms. The van der Waals surface area contributed by atoms with Crippen LogP contribution in [0.4, 0.5) is 0 Å². The number of hydrogen-bond acceptors (Lipinski definition) is 3. The van der Waals surface area contributed by atoms with Gasteiger partial charge in [0.25, 0.3) is 5.91 Å². The Morgan fingerprint density at radius 1 is 1.32 bits per heavy atom. The molecule has 0 N–H and O–H groups in total. The predicted molar refractivity (Wildman–Crippen MR) is 85.8 cm³/mol. The number of rotatable bonds is 3. The first-order valence-corrected chi connectivity index (χ1v) is 9.19. The number of piperidine rings is 1. The van der Waals surface area contributed by atoms with E-state index in [1.54, 1.807) is 11.3 Å². The van der Waals surface area contributed by atoms with Crippen molar-refractivity contribution in [2.24, 2.45) is 11.3 Å². The van der Waals surface area contributed by atoms with Crippen molar-refractivity contribution in [3.8, 4) is 0 Å². The van der Waals surface area contributed by atoms with Gasteiger partial charge in [-0.25, -0.2) is 0 Å². The van der Waals surface area contributed by atoms with Crippen LogP contribution in [0.1, 0.15) is 42.5 Å². The summed E-state index contributed by atoms with van der Waals surface area (Å²) in [5, 5.41) is 3.87. The topological polar surface area (TPSA) is 40.6 Å². The van der Waals surface area contributed by atoms with Crippen LogP contribution < -0.4 is 0 Å². The lowest BCUT2D eigenvalue weighted by atomic mass is 9.77. The van der Waals surface area contributed by atoms with E-state index in [-0.39, 0.29) is 11.3 Å². The molecule has 1 aromatic rings. The molecule has 0 unspecified atom stereocenters. The Morgan fingerprint density at radius 3 is 2.73 bits per heavy atom. The molecule has 0 aromatic carbocycles. The van der Waals surface area contributed by atoms with Gasteiger partial charge in [-0.2, -0.15) is 11.3 Å². The average Bonchev–Trinajstić information content (AvgIpc) is 3.06. The highest BCUT2D eigenvalue weighted by molar-refractivity contribution is 7.08. The van der Waals surface area contributed by atoms with E-state index in [9.17, 15) is 9.59 Å². The summed E-state index contributed by atoms with van der Waals surface area (Å²) in [6, 6.07) is 1.90. The zero-order chi connectivity index (χ0) is 15.2. The first-order chi connectivity index (χ1) is 10.7. The largest absolute Gasteiger partial charge is 0.342 e. The van der Waals surface area contributed by atoms with Crippen LogP contribution in [0.3, 0.4) is 0 Å². The van der Waals surface area contributed by atoms with E-state index in [4.69, 9.17) is 0 Å². The average molecular weight is 318 g/mol. The van der Waals surface area contributed by atoms with Crippen molar-refractivity contribution in [2.45, 2.75) is 32.1 Å². The van der Waals surface area contributed by atoms with Crippen molar-refractivity contribution in [1.82, 2.24) is 9.80 Å². The third-order valence-electron chi connectivity index (χ3n) is 5.46. The standard InChI is InChI=1S/C17H22N2O2S/c20-15-9-17(12-19(15)10-13-1-2-13)4-6-18(7-5-17)16(21)14-3-8-22-11-14/h3,8,11,13H,1-2,4-7,9-10,12H2. The molecule has 5 heteroatoms. The maximum Gasteiger partial charge on any atom is 0.254 e. The summed E-state index contributed by atoms with van der Waals surface area (Å²) in [4.78, 5) is 28.7. The van der Waals surface area contributed by atoms with Gasteiger partial charge in [0.15, 0.2) is 0 Å². The molecule has 2 saturated heterocycles. The lowest BCUT2D eigenvalue weighted by Gasteiger charge is -2.38. The Hall–Kier alpha value is -1.36. The highest BCUT2D eigenvalue weighted by Gasteiger charge is 2.46. The molecule has 1 aromatic heterocycles. The number of carbonyl (C=O) groups is 2. The van der Waals surface area contributed by atoms with Crippen LogP contribution in [0.25, 0.3) is 0 Å². The van der Waals surface area contributed by atoms with Gasteiger partial charge < -0.3 is 9.80 Å². The van der Waals surface area contributed by atoms with Gasteiger partial charge in [0.05, 0.1) is 5.56 Å². The van der Waals surface area contributed by atoms with Gasteiger partial charge in [0, 0.05) is 43.4 Å². The summed E-state index contributed by atoms with van der Waals surface area (Å²) in [6.45, 7) is 3.47. The van der Waals surface area contributed by atoms with Gasteiger partial charge in [-0.1, -0.05) is 0 Å². The van der Waals surface area contributed by atoms with E-state index in [0.717, 1.165) is 50.5 Å². The van der Waals surface area contributed by atoms with E-state index in [1.807, 2.05) is 21.7 Å². The Kier molecular flexibility index (Phi) is 3.48. The smallest absolute Gasteiger partial charge is 0.254 e. The fourth-order valence-corrected chi connectivity index (χ4v) is 4.48. The lowest BCUT2D eigenvalue weighted by molar-refractivity contribution is -0.128. The molecule has 4 nitrogen and oxygen atoms in total. The normalized spacial score (nSPS) is 24.3. The third-order valence-corrected chi connectivity index (χ3v) is 6.14.